The Labute approximate surface area is 123 Å². The maximum Gasteiger partial charge on any atom is 0.415 e. The third-order valence-corrected chi connectivity index (χ3v) is 2.60. The van der Waals surface area contributed by atoms with Gasteiger partial charge in [0.2, 0.25) is 0 Å². The fourth-order valence-electron chi connectivity index (χ4n) is 1.72. The third kappa shape index (κ3) is 4.34. The van der Waals surface area contributed by atoms with E-state index in [-0.39, 0.29) is 17.9 Å². The van der Waals surface area contributed by atoms with Gasteiger partial charge in [0.15, 0.2) is 0 Å². The van der Waals surface area contributed by atoms with Gasteiger partial charge in [-0.05, 0) is 39.8 Å². The van der Waals surface area contributed by atoms with Crippen LogP contribution in [0.3, 0.4) is 0 Å². The predicted octanol–water partition coefficient (Wildman–Crippen LogP) is 3.36. The second-order valence-corrected chi connectivity index (χ2v) is 5.34. The van der Waals surface area contributed by atoms with Crippen molar-refractivity contribution in [3.63, 3.8) is 0 Å². The molecule has 0 aliphatic rings. The Morgan fingerprint density at radius 1 is 1.38 bits per heavy atom. The topological polar surface area (TPSA) is 81.9 Å². The molecule has 0 bridgehead atoms. The molecule has 116 valence electrons. The Kier molecular flexibility index (Phi) is 5.12. The van der Waals surface area contributed by atoms with Gasteiger partial charge in [-0.25, -0.2) is 4.79 Å². The second kappa shape index (κ2) is 6.43. The van der Waals surface area contributed by atoms with E-state index in [0.29, 0.717) is 5.75 Å². The molecule has 1 amide bonds. The van der Waals surface area contributed by atoms with Gasteiger partial charge in [0.1, 0.15) is 17.0 Å². The number of hydrogen-bond donors (Lipinski definition) is 0. The summed E-state index contributed by atoms with van der Waals surface area (Å²) < 4.78 is 10.2. The minimum absolute atomic E-state index is 0.178. The number of amides is 1. The Morgan fingerprint density at radius 3 is 2.43 bits per heavy atom. The normalized spacial score (nSPS) is 10.9. The lowest BCUT2D eigenvalue weighted by atomic mass is 10.2. The van der Waals surface area contributed by atoms with E-state index < -0.39 is 16.6 Å². The van der Waals surface area contributed by atoms with Crippen molar-refractivity contribution < 1.29 is 19.2 Å². The molecule has 1 aromatic carbocycles. The van der Waals surface area contributed by atoms with E-state index in [1.165, 1.54) is 24.1 Å². The molecule has 0 heterocycles. The van der Waals surface area contributed by atoms with Crippen LogP contribution in [-0.4, -0.2) is 30.3 Å². The Morgan fingerprint density at radius 2 is 2.00 bits per heavy atom. The van der Waals surface area contributed by atoms with Gasteiger partial charge in [0.25, 0.3) is 5.69 Å². The SMILES string of the molecule is CCN(C(=O)OC(C)(C)C)c1ccc(OC)cc1[N+](=O)[O-]. The van der Waals surface area contributed by atoms with Crippen LogP contribution in [0, 0.1) is 10.1 Å². The standard InChI is InChI=1S/C14H20N2O5/c1-6-15(13(17)21-14(2,3)4)11-8-7-10(20-5)9-12(11)16(18)19/h7-9H,6H2,1-5H3. The fraction of sp³-hybridized carbons (Fsp3) is 0.500. The Bertz CT molecular complexity index is 537. The smallest absolute Gasteiger partial charge is 0.415 e. The van der Waals surface area contributed by atoms with Crippen molar-refractivity contribution in [2.45, 2.75) is 33.3 Å². The highest BCUT2D eigenvalue weighted by Crippen LogP contribution is 2.32. The maximum atomic E-state index is 12.2. The third-order valence-electron chi connectivity index (χ3n) is 2.60. The highest BCUT2D eigenvalue weighted by Gasteiger charge is 2.27. The minimum atomic E-state index is -0.675. The number of carbonyl (C=O) groups is 1. The summed E-state index contributed by atoms with van der Waals surface area (Å²) in [7, 11) is 1.42. The fourth-order valence-corrected chi connectivity index (χ4v) is 1.72. The van der Waals surface area contributed by atoms with Crippen molar-refractivity contribution in [3.05, 3.63) is 28.3 Å². The Hall–Kier alpha value is -2.31. The lowest BCUT2D eigenvalue weighted by Crippen LogP contribution is -2.37. The molecule has 0 fully saturated rings. The molecule has 0 N–H and O–H groups in total. The number of ether oxygens (including phenoxy) is 2. The number of carbonyl (C=O) groups excluding carboxylic acids is 1. The number of benzene rings is 1. The molecule has 0 unspecified atom stereocenters. The summed E-state index contributed by atoms with van der Waals surface area (Å²) in [6, 6.07) is 4.32. The average molecular weight is 296 g/mol. The van der Waals surface area contributed by atoms with Crippen LogP contribution in [0.2, 0.25) is 0 Å². The van der Waals surface area contributed by atoms with Crippen molar-refractivity contribution in [1.29, 1.82) is 0 Å². The van der Waals surface area contributed by atoms with Gasteiger partial charge in [-0.3, -0.25) is 15.0 Å². The van der Waals surface area contributed by atoms with Gasteiger partial charge < -0.3 is 9.47 Å². The molecule has 0 atom stereocenters. The summed E-state index contributed by atoms with van der Waals surface area (Å²) in [6.45, 7) is 7.18. The summed E-state index contributed by atoms with van der Waals surface area (Å²) in [4.78, 5) is 24.0. The molecule has 0 radical (unpaired) electrons. The van der Waals surface area contributed by atoms with Crippen molar-refractivity contribution >= 4 is 17.5 Å². The highest BCUT2D eigenvalue weighted by atomic mass is 16.6. The summed E-state index contributed by atoms with van der Waals surface area (Å²) >= 11 is 0. The molecule has 7 nitrogen and oxygen atoms in total. The maximum absolute atomic E-state index is 12.2. The minimum Gasteiger partial charge on any atom is -0.496 e. The zero-order valence-electron chi connectivity index (χ0n) is 12.9. The van der Waals surface area contributed by atoms with E-state index in [9.17, 15) is 14.9 Å². The van der Waals surface area contributed by atoms with Crippen molar-refractivity contribution in [2.24, 2.45) is 0 Å². The van der Waals surface area contributed by atoms with Crippen LogP contribution in [0.25, 0.3) is 0 Å². The zero-order valence-corrected chi connectivity index (χ0v) is 12.9. The second-order valence-electron chi connectivity index (χ2n) is 5.34. The first-order chi connectivity index (χ1) is 9.69. The van der Waals surface area contributed by atoms with Gasteiger partial charge >= 0.3 is 6.09 Å². The van der Waals surface area contributed by atoms with Crippen LogP contribution < -0.4 is 9.64 Å². The van der Waals surface area contributed by atoms with Crippen LogP contribution >= 0.6 is 0 Å². The largest absolute Gasteiger partial charge is 0.496 e. The van der Waals surface area contributed by atoms with Gasteiger partial charge in [-0.15, -0.1) is 0 Å². The molecule has 0 saturated heterocycles. The van der Waals surface area contributed by atoms with Gasteiger partial charge in [-0.1, -0.05) is 0 Å². The van der Waals surface area contributed by atoms with E-state index >= 15 is 0 Å². The van der Waals surface area contributed by atoms with Crippen LogP contribution in [-0.2, 0) is 4.74 Å². The first kappa shape index (κ1) is 16.7. The van der Waals surface area contributed by atoms with Gasteiger partial charge in [-0.2, -0.15) is 0 Å². The number of hydrogen-bond acceptors (Lipinski definition) is 5. The van der Waals surface area contributed by atoms with E-state index in [1.807, 2.05) is 0 Å². The monoisotopic (exact) mass is 296 g/mol. The summed E-state index contributed by atoms with van der Waals surface area (Å²) in [5.74, 6) is 0.352. The molecular weight excluding hydrogens is 276 g/mol. The first-order valence-electron chi connectivity index (χ1n) is 6.52. The average Bonchev–Trinajstić information content (AvgIpc) is 2.37. The zero-order chi connectivity index (χ0) is 16.2. The molecule has 0 aliphatic heterocycles. The predicted molar refractivity (Wildman–Crippen MR) is 78.9 cm³/mol. The van der Waals surface area contributed by atoms with Crippen molar-refractivity contribution in [2.75, 3.05) is 18.6 Å². The van der Waals surface area contributed by atoms with E-state index in [1.54, 1.807) is 33.8 Å². The summed E-state index contributed by atoms with van der Waals surface area (Å²) in [5, 5.41) is 11.2. The van der Waals surface area contributed by atoms with Gasteiger partial charge in [0.05, 0.1) is 18.1 Å². The molecular formula is C14H20N2O5. The first-order valence-corrected chi connectivity index (χ1v) is 6.52. The highest BCUT2D eigenvalue weighted by molar-refractivity contribution is 5.91. The molecule has 0 aliphatic carbocycles. The van der Waals surface area contributed by atoms with E-state index in [0.717, 1.165) is 0 Å². The van der Waals surface area contributed by atoms with Crippen molar-refractivity contribution in [3.8, 4) is 5.75 Å². The van der Waals surface area contributed by atoms with E-state index in [4.69, 9.17) is 9.47 Å². The summed E-state index contributed by atoms with van der Waals surface area (Å²) in [5.41, 5.74) is -0.703. The van der Waals surface area contributed by atoms with Crippen LogP contribution in [0.15, 0.2) is 18.2 Å². The van der Waals surface area contributed by atoms with E-state index in [2.05, 4.69) is 0 Å². The molecule has 1 rings (SSSR count). The molecule has 1 aromatic rings. The quantitative estimate of drug-likeness (QED) is 0.628. The molecule has 0 spiro atoms. The Balaban J connectivity index is 3.22. The number of nitro benzene ring substituents is 1. The van der Waals surface area contributed by atoms with Crippen LogP contribution in [0.4, 0.5) is 16.2 Å². The van der Waals surface area contributed by atoms with Crippen LogP contribution in [0.1, 0.15) is 27.7 Å². The van der Waals surface area contributed by atoms with Gasteiger partial charge in [0, 0.05) is 6.54 Å². The summed E-state index contributed by atoms with van der Waals surface area (Å²) in [6.07, 6.45) is -0.627. The number of methoxy groups -OCH3 is 1. The van der Waals surface area contributed by atoms with Crippen LogP contribution in [0.5, 0.6) is 5.75 Å². The van der Waals surface area contributed by atoms with Crippen molar-refractivity contribution in [1.82, 2.24) is 0 Å². The molecule has 0 saturated carbocycles. The number of anilines is 1. The molecule has 21 heavy (non-hydrogen) atoms. The molecule has 0 aromatic heterocycles. The number of rotatable bonds is 4. The number of nitrogens with zero attached hydrogens (tertiary/aromatic N) is 2. The lowest BCUT2D eigenvalue weighted by Gasteiger charge is -2.26. The molecule has 7 heteroatoms. The lowest BCUT2D eigenvalue weighted by molar-refractivity contribution is -0.384. The number of nitro groups is 1.